The second kappa shape index (κ2) is 5.04. The predicted octanol–water partition coefficient (Wildman–Crippen LogP) is 2.11. The van der Waals surface area contributed by atoms with Crippen LogP contribution in [-0.4, -0.2) is 17.1 Å². The minimum Gasteiger partial charge on any atom is -0.462 e. The number of aryl methyl sites for hydroxylation is 1. The molecule has 94 valence electrons. The minimum absolute atomic E-state index is 0.113. The average Bonchev–Trinajstić information content (AvgIpc) is 2.40. The van der Waals surface area contributed by atoms with Crippen molar-refractivity contribution >= 4 is 16.7 Å². The Morgan fingerprint density at radius 1 is 1.28 bits per heavy atom. The lowest BCUT2D eigenvalue weighted by molar-refractivity contribution is 0.0506. The zero-order chi connectivity index (χ0) is 13.1. The molecular formula is C14H15NO3. The number of hydrogen-bond donors (Lipinski definition) is 0. The molecule has 4 nitrogen and oxygen atoms in total. The standard InChI is InChI=1S/C14H15NO3/c1-3-8-18-14(17)12-9-15(2)13(16)11-7-5-4-6-10(11)12/h4-7,9H,3,8H2,1-2H3. The Bertz CT molecular complexity index is 643. The van der Waals surface area contributed by atoms with Crippen molar-refractivity contribution in [3.8, 4) is 0 Å². The molecule has 0 saturated heterocycles. The molecule has 0 N–H and O–H groups in total. The fourth-order valence-electron chi connectivity index (χ4n) is 1.85. The van der Waals surface area contributed by atoms with E-state index in [1.54, 1.807) is 31.3 Å². The number of carbonyl (C=O) groups excluding carboxylic acids is 1. The van der Waals surface area contributed by atoms with Crippen LogP contribution in [-0.2, 0) is 11.8 Å². The van der Waals surface area contributed by atoms with E-state index in [4.69, 9.17) is 4.74 Å². The fraction of sp³-hybridized carbons (Fsp3) is 0.286. The Labute approximate surface area is 105 Å². The number of pyridine rings is 1. The number of hydrogen-bond acceptors (Lipinski definition) is 3. The molecule has 0 fully saturated rings. The van der Waals surface area contributed by atoms with Crippen LogP contribution in [0.2, 0.25) is 0 Å². The molecule has 0 bridgehead atoms. The lowest BCUT2D eigenvalue weighted by Crippen LogP contribution is -2.19. The van der Waals surface area contributed by atoms with Gasteiger partial charge in [0, 0.05) is 24.0 Å². The number of ether oxygens (including phenoxy) is 1. The molecule has 0 aliphatic carbocycles. The first-order chi connectivity index (χ1) is 8.65. The molecule has 18 heavy (non-hydrogen) atoms. The number of benzene rings is 1. The summed E-state index contributed by atoms with van der Waals surface area (Å²) in [5, 5.41) is 1.17. The van der Waals surface area contributed by atoms with E-state index < -0.39 is 0 Å². The number of aromatic nitrogens is 1. The smallest absolute Gasteiger partial charge is 0.340 e. The molecule has 0 amide bonds. The van der Waals surface area contributed by atoms with Gasteiger partial charge in [0.05, 0.1) is 12.2 Å². The summed E-state index contributed by atoms with van der Waals surface area (Å²) in [7, 11) is 1.63. The zero-order valence-corrected chi connectivity index (χ0v) is 10.5. The Morgan fingerprint density at radius 2 is 1.94 bits per heavy atom. The Hall–Kier alpha value is -2.10. The van der Waals surface area contributed by atoms with E-state index in [1.165, 1.54) is 10.8 Å². The van der Waals surface area contributed by atoms with E-state index in [-0.39, 0.29) is 11.5 Å². The minimum atomic E-state index is -0.386. The molecule has 1 heterocycles. The molecule has 4 heteroatoms. The van der Waals surface area contributed by atoms with E-state index in [2.05, 4.69) is 0 Å². The van der Waals surface area contributed by atoms with E-state index in [0.717, 1.165) is 6.42 Å². The summed E-state index contributed by atoms with van der Waals surface area (Å²) < 4.78 is 6.53. The van der Waals surface area contributed by atoms with E-state index in [1.807, 2.05) is 6.92 Å². The van der Waals surface area contributed by atoms with E-state index in [9.17, 15) is 9.59 Å². The molecule has 0 atom stereocenters. The zero-order valence-electron chi connectivity index (χ0n) is 10.5. The SMILES string of the molecule is CCCOC(=O)c1cn(C)c(=O)c2ccccc12. The van der Waals surface area contributed by atoms with Crippen molar-refractivity contribution in [1.82, 2.24) is 4.57 Å². The Kier molecular flexibility index (Phi) is 3.46. The molecule has 0 unspecified atom stereocenters. The molecule has 1 aromatic heterocycles. The average molecular weight is 245 g/mol. The van der Waals surface area contributed by atoms with E-state index in [0.29, 0.717) is 22.9 Å². The van der Waals surface area contributed by atoms with Crippen LogP contribution in [0, 0.1) is 0 Å². The van der Waals surface area contributed by atoms with Crippen LogP contribution < -0.4 is 5.56 Å². The second-order valence-electron chi connectivity index (χ2n) is 4.14. The highest BCUT2D eigenvalue weighted by atomic mass is 16.5. The fourth-order valence-corrected chi connectivity index (χ4v) is 1.85. The Balaban J connectivity index is 2.61. The molecular weight excluding hydrogens is 230 g/mol. The monoisotopic (exact) mass is 245 g/mol. The predicted molar refractivity (Wildman–Crippen MR) is 69.8 cm³/mol. The number of carbonyl (C=O) groups is 1. The molecule has 0 radical (unpaired) electrons. The molecule has 0 aliphatic rings. The summed E-state index contributed by atoms with van der Waals surface area (Å²) in [6, 6.07) is 7.07. The summed E-state index contributed by atoms with van der Waals surface area (Å²) in [6.45, 7) is 2.32. The van der Waals surface area contributed by atoms with Gasteiger partial charge >= 0.3 is 5.97 Å². The maximum atomic E-state index is 11.9. The molecule has 2 aromatic rings. The van der Waals surface area contributed by atoms with Gasteiger partial charge in [-0.25, -0.2) is 4.79 Å². The number of esters is 1. The molecule has 0 spiro atoms. The van der Waals surface area contributed by atoms with Crippen molar-refractivity contribution in [2.75, 3.05) is 6.61 Å². The highest BCUT2D eigenvalue weighted by Gasteiger charge is 2.14. The summed E-state index contributed by atoms with van der Waals surface area (Å²) in [4.78, 5) is 23.9. The van der Waals surface area contributed by atoms with Crippen LogP contribution in [0.3, 0.4) is 0 Å². The number of nitrogens with zero attached hydrogens (tertiary/aromatic N) is 1. The topological polar surface area (TPSA) is 48.3 Å². The van der Waals surface area contributed by atoms with Crippen LogP contribution in [0.15, 0.2) is 35.3 Å². The van der Waals surface area contributed by atoms with Gasteiger partial charge in [-0.1, -0.05) is 25.1 Å². The molecule has 2 rings (SSSR count). The third-order valence-electron chi connectivity index (χ3n) is 2.75. The largest absolute Gasteiger partial charge is 0.462 e. The maximum absolute atomic E-state index is 11.9. The lowest BCUT2D eigenvalue weighted by atomic mass is 10.1. The second-order valence-corrected chi connectivity index (χ2v) is 4.14. The molecule has 0 saturated carbocycles. The van der Waals surface area contributed by atoms with Crippen molar-refractivity contribution in [2.24, 2.45) is 7.05 Å². The van der Waals surface area contributed by atoms with Gasteiger partial charge in [-0.2, -0.15) is 0 Å². The third kappa shape index (κ3) is 2.14. The first-order valence-electron chi connectivity index (χ1n) is 5.90. The third-order valence-corrected chi connectivity index (χ3v) is 2.75. The van der Waals surface area contributed by atoms with Crippen LogP contribution in [0.25, 0.3) is 10.8 Å². The number of rotatable bonds is 3. The highest BCUT2D eigenvalue weighted by Crippen LogP contribution is 2.16. The maximum Gasteiger partial charge on any atom is 0.340 e. The van der Waals surface area contributed by atoms with Gasteiger partial charge in [0.15, 0.2) is 0 Å². The lowest BCUT2D eigenvalue weighted by Gasteiger charge is -2.08. The quantitative estimate of drug-likeness (QED) is 0.778. The van der Waals surface area contributed by atoms with Gasteiger partial charge in [0.2, 0.25) is 0 Å². The van der Waals surface area contributed by atoms with Gasteiger partial charge < -0.3 is 9.30 Å². The van der Waals surface area contributed by atoms with Crippen molar-refractivity contribution in [1.29, 1.82) is 0 Å². The summed E-state index contributed by atoms with van der Waals surface area (Å²) in [5.74, 6) is -0.386. The van der Waals surface area contributed by atoms with Gasteiger partial charge in [-0.15, -0.1) is 0 Å². The van der Waals surface area contributed by atoms with Crippen LogP contribution in [0.4, 0.5) is 0 Å². The van der Waals surface area contributed by atoms with Crippen LogP contribution >= 0.6 is 0 Å². The number of fused-ring (bicyclic) bond motifs is 1. The van der Waals surface area contributed by atoms with Crippen molar-refractivity contribution in [2.45, 2.75) is 13.3 Å². The normalized spacial score (nSPS) is 10.6. The first kappa shape index (κ1) is 12.4. The first-order valence-corrected chi connectivity index (χ1v) is 5.90. The van der Waals surface area contributed by atoms with Gasteiger partial charge in [0.1, 0.15) is 0 Å². The summed E-state index contributed by atoms with van der Waals surface area (Å²) in [6.07, 6.45) is 2.30. The van der Waals surface area contributed by atoms with Gasteiger partial charge in [0.25, 0.3) is 5.56 Å². The summed E-state index contributed by atoms with van der Waals surface area (Å²) in [5.41, 5.74) is 0.318. The van der Waals surface area contributed by atoms with Gasteiger partial charge in [-0.3, -0.25) is 4.79 Å². The van der Waals surface area contributed by atoms with E-state index >= 15 is 0 Å². The van der Waals surface area contributed by atoms with Crippen LogP contribution in [0.1, 0.15) is 23.7 Å². The van der Waals surface area contributed by atoms with Crippen molar-refractivity contribution in [3.05, 3.63) is 46.4 Å². The van der Waals surface area contributed by atoms with Gasteiger partial charge in [-0.05, 0) is 12.5 Å². The Morgan fingerprint density at radius 3 is 2.61 bits per heavy atom. The summed E-state index contributed by atoms with van der Waals surface area (Å²) >= 11 is 0. The van der Waals surface area contributed by atoms with Crippen LogP contribution in [0.5, 0.6) is 0 Å². The van der Waals surface area contributed by atoms with Crippen molar-refractivity contribution < 1.29 is 9.53 Å². The molecule has 1 aromatic carbocycles. The van der Waals surface area contributed by atoms with Crippen molar-refractivity contribution in [3.63, 3.8) is 0 Å². The highest BCUT2D eigenvalue weighted by molar-refractivity contribution is 6.03. The molecule has 0 aliphatic heterocycles.